The highest BCUT2D eigenvalue weighted by molar-refractivity contribution is 6.03. The summed E-state index contributed by atoms with van der Waals surface area (Å²) < 4.78 is 1.79. The van der Waals surface area contributed by atoms with E-state index >= 15 is 0 Å². The number of amidine groups is 1. The lowest BCUT2D eigenvalue weighted by molar-refractivity contribution is 0.614. The van der Waals surface area contributed by atoms with Crippen molar-refractivity contribution >= 4 is 5.84 Å². The van der Waals surface area contributed by atoms with Crippen LogP contribution in [-0.2, 0) is 13.0 Å². The van der Waals surface area contributed by atoms with Gasteiger partial charge in [0.05, 0.1) is 0 Å². The monoisotopic (exact) mass is 421 g/mol. The van der Waals surface area contributed by atoms with Gasteiger partial charge in [-0.3, -0.25) is 4.57 Å². The molecule has 31 heavy (non-hydrogen) atoms. The second-order valence-electron chi connectivity index (χ2n) is 7.66. The van der Waals surface area contributed by atoms with Gasteiger partial charge in [0.15, 0.2) is 5.84 Å². The number of nitrogens with two attached hydrogens (primary N) is 2. The van der Waals surface area contributed by atoms with Crippen LogP contribution in [0, 0.1) is 6.92 Å². The van der Waals surface area contributed by atoms with Crippen LogP contribution in [0.25, 0.3) is 11.1 Å². The van der Waals surface area contributed by atoms with Crippen LogP contribution in [0.15, 0.2) is 64.6 Å². The molecule has 0 aliphatic rings. The van der Waals surface area contributed by atoms with E-state index in [1.807, 2.05) is 30.5 Å². The maximum atomic E-state index is 11.4. The molecule has 0 aliphatic carbocycles. The smallest absolute Gasteiger partial charge is 0.325 e. The summed E-state index contributed by atoms with van der Waals surface area (Å²) in [7, 11) is 0. The van der Waals surface area contributed by atoms with E-state index < -0.39 is 0 Å². The summed E-state index contributed by atoms with van der Waals surface area (Å²) in [6.07, 6.45) is 7.47. The Morgan fingerprint density at radius 1 is 1.03 bits per heavy atom. The number of rotatable bonds is 8. The van der Waals surface area contributed by atoms with E-state index in [1.165, 1.54) is 12.0 Å². The quantitative estimate of drug-likeness (QED) is 0.215. The molecule has 5 N–H and O–H groups in total. The lowest BCUT2D eigenvalue weighted by atomic mass is 9.98. The van der Waals surface area contributed by atoms with Crippen LogP contribution in [0.1, 0.15) is 56.4 Å². The van der Waals surface area contributed by atoms with Crippen LogP contribution in [0.2, 0.25) is 0 Å². The number of imidazole rings is 1. The summed E-state index contributed by atoms with van der Waals surface area (Å²) in [6.45, 7) is 7.20. The van der Waals surface area contributed by atoms with E-state index in [4.69, 9.17) is 11.6 Å². The van der Waals surface area contributed by atoms with Gasteiger partial charge in [0.1, 0.15) is 0 Å². The molecule has 6 nitrogen and oxygen atoms in total. The topological polar surface area (TPSA) is 102 Å². The minimum Gasteiger partial charge on any atom is -0.382 e. The highest BCUT2D eigenvalue weighted by Crippen LogP contribution is 2.23. The summed E-state index contributed by atoms with van der Waals surface area (Å²) in [4.78, 5) is 14.3. The first-order valence-corrected chi connectivity index (χ1v) is 11.0. The molecule has 0 atom stereocenters. The summed E-state index contributed by atoms with van der Waals surface area (Å²) >= 11 is 0. The lowest BCUT2D eigenvalue weighted by Gasteiger charge is -2.08. The summed E-state index contributed by atoms with van der Waals surface area (Å²) in [5.41, 5.74) is 11.1. The van der Waals surface area contributed by atoms with E-state index in [0.29, 0.717) is 5.84 Å². The molecular formula is C25H35N5O. The molecular weight excluding hydrogens is 386 g/mol. The molecule has 3 rings (SSSR count). The Balaban J connectivity index is 0.000000225. The van der Waals surface area contributed by atoms with Crippen LogP contribution >= 0.6 is 0 Å². The zero-order chi connectivity index (χ0) is 22.6. The summed E-state index contributed by atoms with van der Waals surface area (Å²) in [5.74, 6) is 5.59. The highest BCUT2D eigenvalue weighted by Gasteiger charge is 2.07. The number of aryl methyl sites for hydroxylation is 3. The normalized spacial score (nSPS) is 11.1. The van der Waals surface area contributed by atoms with Crippen LogP contribution < -0.4 is 17.3 Å². The average Bonchev–Trinajstić information content (AvgIpc) is 3.16. The molecule has 166 valence electrons. The van der Waals surface area contributed by atoms with Crippen molar-refractivity contribution in [1.82, 2.24) is 9.55 Å². The molecule has 0 saturated carbocycles. The van der Waals surface area contributed by atoms with Gasteiger partial charge in [-0.15, -0.1) is 0 Å². The second-order valence-corrected chi connectivity index (χ2v) is 7.66. The Morgan fingerprint density at radius 2 is 1.71 bits per heavy atom. The minimum absolute atomic E-state index is 0.0459. The van der Waals surface area contributed by atoms with Crippen molar-refractivity contribution in [2.75, 3.05) is 0 Å². The van der Waals surface area contributed by atoms with Crippen molar-refractivity contribution in [2.45, 2.75) is 59.4 Å². The molecule has 0 unspecified atom stereocenters. The number of benzene rings is 2. The average molecular weight is 422 g/mol. The second kappa shape index (κ2) is 12.4. The van der Waals surface area contributed by atoms with Gasteiger partial charge in [0, 0.05) is 24.0 Å². The number of hydrogen-bond donors (Lipinski definition) is 3. The Bertz CT molecular complexity index is 1010. The van der Waals surface area contributed by atoms with E-state index in [9.17, 15) is 4.79 Å². The third-order valence-corrected chi connectivity index (χ3v) is 5.10. The van der Waals surface area contributed by atoms with E-state index in [0.717, 1.165) is 54.6 Å². The van der Waals surface area contributed by atoms with Gasteiger partial charge in [0.25, 0.3) is 0 Å². The molecule has 0 amide bonds. The maximum absolute atomic E-state index is 11.4. The predicted molar refractivity (Wildman–Crippen MR) is 130 cm³/mol. The van der Waals surface area contributed by atoms with Gasteiger partial charge in [0.2, 0.25) is 0 Å². The van der Waals surface area contributed by atoms with Crippen molar-refractivity contribution < 1.29 is 0 Å². The highest BCUT2D eigenvalue weighted by atomic mass is 16.1. The number of nitrogens with one attached hydrogen (secondary N) is 1. The van der Waals surface area contributed by atoms with Gasteiger partial charge in [-0.2, -0.15) is 5.10 Å². The zero-order valence-corrected chi connectivity index (χ0v) is 18.9. The largest absolute Gasteiger partial charge is 0.382 e. The first-order chi connectivity index (χ1) is 15.0. The predicted octanol–water partition coefficient (Wildman–Crippen LogP) is 4.56. The molecule has 2 aromatic carbocycles. The molecule has 0 fully saturated rings. The first kappa shape index (κ1) is 24.0. The van der Waals surface area contributed by atoms with Crippen LogP contribution in [0.5, 0.6) is 0 Å². The van der Waals surface area contributed by atoms with Crippen molar-refractivity contribution in [2.24, 2.45) is 16.7 Å². The summed E-state index contributed by atoms with van der Waals surface area (Å²) in [5, 5.41) is 3.56. The fourth-order valence-corrected chi connectivity index (χ4v) is 3.24. The molecule has 1 aromatic heterocycles. The van der Waals surface area contributed by atoms with E-state index in [-0.39, 0.29) is 5.69 Å². The SMILES string of the molecule is CCCCc1cn(CCCC)c(=O)[nH]1.Cc1ccc(-c2ccccc2/C(N)=N/N)cc1. The zero-order valence-electron chi connectivity index (χ0n) is 18.9. The molecule has 0 spiro atoms. The number of aromatic amines is 1. The Labute approximate surface area is 185 Å². The van der Waals surface area contributed by atoms with Gasteiger partial charge in [-0.05, 0) is 37.3 Å². The number of unbranched alkanes of at least 4 members (excludes halogenated alkanes) is 2. The van der Waals surface area contributed by atoms with Crippen molar-refractivity contribution in [1.29, 1.82) is 0 Å². The van der Waals surface area contributed by atoms with Crippen molar-refractivity contribution in [3.63, 3.8) is 0 Å². The Morgan fingerprint density at radius 3 is 2.35 bits per heavy atom. The molecule has 0 radical (unpaired) electrons. The van der Waals surface area contributed by atoms with E-state index in [2.05, 4.69) is 55.1 Å². The molecule has 6 heteroatoms. The van der Waals surface area contributed by atoms with Crippen LogP contribution in [0.4, 0.5) is 0 Å². The number of aromatic nitrogens is 2. The van der Waals surface area contributed by atoms with Gasteiger partial charge >= 0.3 is 5.69 Å². The molecule has 0 saturated heterocycles. The fourth-order valence-electron chi connectivity index (χ4n) is 3.24. The van der Waals surface area contributed by atoms with Crippen LogP contribution in [0.3, 0.4) is 0 Å². The van der Waals surface area contributed by atoms with Crippen molar-refractivity contribution in [3.8, 4) is 11.1 Å². The van der Waals surface area contributed by atoms with Crippen molar-refractivity contribution in [3.05, 3.63) is 82.0 Å². The van der Waals surface area contributed by atoms with Gasteiger partial charge in [-0.25, -0.2) is 4.79 Å². The number of H-pyrrole nitrogens is 1. The molecule has 3 aromatic rings. The number of hydrazone groups is 1. The van der Waals surface area contributed by atoms with Crippen LogP contribution in [-0.4, -0.2) is 15.4 Å². The maximum Gasteiger partial charge on any atom is 0.325 e. The van der Waals surface area contributed by atoms with Gasteiger partial charge < -0.3 is 16.6 Å². The third kappa shape index (κ3) is 7.17. The standard InChI is InChI=1S/C14H15N3.C11H20N2O/c1-10-6-8-11(9-7-10)12-4-2-3-5-13(12)14(15)17-16;1-3-5-7-10-9-13(8-6-4-2)11(14)12-10/h2-9H,16H2,1H3,(H2,15,17);9H,3-8H2,1-2H3,(H,12,14). The summed E-state index contributed by atoms with van der Waals surface area (Å²) in [6, 6.07) is 16.1. The lowest BCUT2D eigenvalue weighted by Crippen LogP contribution is -2.16. The van der Waals surface area contributed by atoms with Gasteiger partial charge in [-0.1, -0.05) is 80.8 Å². The Kier molecular flexibility index (Phi) is 9.62. The minimum atomic E-state index is 0.0459. The first-order valence-electron chi connectivity index (χ1n) is 11.0. The molecule has 1 heterocycles. The third-order valence-electron chi connectivity index (χ3n) is 5.10. The number of hydrogen-bond acceptors (Lipinski definition) is 3. The molecule has 0 bridgehead atoms. The molecule has 0 aliphatic heterocycles. The Hall–Kier alpha value is -3.28. The van der Waals surface area contributed by atoms with E-state index in [1.54, 1.807) is 4.57 Å². The fraction of sp³-hybridized carbons (Fsp3) is 0.360. The number of nitrogens with zero attached hydrogens (tertiary/aromatic N) is 2.